The molecule has 0 spiro atoms. The van der Waals surface area contributed by atoms with Crippen LogP contribution in [0.25, 0.3) is 0 Å². The maximum absolute atomic E-state index is 13.3. The molecule has 9 nitrogen and oxygen atoms in total. The van der Waals surface area contributed by atoms with Crippen molar-refractivity contribution in [3.05, 3.63) is 90.0 Å². The average molecular weight is 513 g/mol. The van der Waals surface area contributed by atoms with Crippen molar-refractivity contribution in [1.29, 1.82) is 0 Å². The number of rotatable bonds is 9. The fourth-order valence-corrected chi connectivity index (χ4v) is 4.82. The predicted molar refractivity (Wildman–Crippen MR) is 130 cm³/mol. The van der Waals surface area contributed by atoms with Gasteiger partial charge >= 0.3 is 0 Å². The number of likely N-dealkylation sites (N-methyl/N-ethyl adjacent to an activating group) is 1. The van der Waals surface area contributed by atoms with Crippen LogP contribution in [-0.2, 0) is 26.0 Å². The Kier molecular flexibility index (Phi) is 7.73. The molecule has 1 aliphatic heterocycles. The molecule has 1 aromatic heterocycles. The number of halogens is 1. The summed E-state index contributed by atoms with van der Waals surface area (Å²) >= 11 is 0. The minimum Gasteiger partial charge on any atom is -0.378 e. The minimum absolute atomic E-state index is 0.0583. The van der Waals surface area contributed by atoms with Gasteiger partial charge in [0.1, 0.15) is 11.9 Å². The molecule has 36 heavy (non-hydrogen) atoms. The number of anilines is 1. The van der Waals surface area contributed by atoms with Gasteiger partial charge in [0, 0.05) is 37.1 Å². The summed E-state index contributed by atoms with van der Waals surface area (Å²) in [6.45, 7) is 0.658. The van der Waals surface area contributed by atoms with Crippen LogP contribution in [0.1, 0.15) is 15.9 Å². The Balaban J connectivity index is 1.51. The van der Waals surface area contributed by atoms with Crippen molar-refractivity contribution in [3.8, 4) is 0 Å². The van der Waals surface area contributed by atoms with E-state index in [-0.39, 0.29) is 22.9 Å². The summed E-state index contributed by atoms with van der Waals surface area (Å²) in [6, 6.07) is 13.2. The number of benzene rings is 2. The molecule has 11 heteroatoms. The number of carbonyl (C=O) groups is 2. The molecular weight excluding hydrogens is 487 g/mol. The summed E-state index contributed by atoms with van der Waals surface area (Å²) in [5, 5.41) is 2.75. The number of carbonyl (C=O) groups excluding carboxylic acids is 2. The summed E-state index contributed by atoms with van der Waals surface area (Å²) < 4.78 is 45.8. The van der Waals surface area contributed by atoms with Crippen molar-refractivity contribution < 1.29 is 27.1 Å². The highest BCUT2D eigenvalue weighted by Crippen LogP contribution is 2.18. The molecule has 2 amide bonds. The molecule has 0 radical (unpaired) electrons. The molecule has 2 aromatic carbocycles. The Bertz CT molecular complexity index is 1310. The SMILES string of the molecule is CN(C(=O)c1ccc(F)cc1)C(Cc1cccnc1)C(=O)Nc1ccc(S(=O)(=O)NC2COC2)cc1. The molecule has 4 rings (SSSR count). The van der Waals surface area contributed by atoms with Crippen molar-refractivity contribution in [3.63, 3.8) is 0 Å². The van der Waals surface area contributed by atoms with Crippen LogP contribution in [0.2, 0.25) is 0 Å². The molecule has 2 N–H and O–H groups in total. The van der Waals surface area contributed by atoms with E-state index in [0.717, 1.165) is 5.56 Å². The molecule has 1 atom stereocenters. The Hall–Kier alpha value is -3.67. The van der Waals surface area contributed by atoms with Gasteiger partial charge in [-0.1, -0.05) is 6.07 Å². The normalized spacial score (nSPS) is 14.5. The van der Waals surface area contributed by atoms with Gasteiger partial charge in [0.2, 0.25) is 15.9 Å². The average Bonchev–Trinajstić information content (AvgIpc) is 2.85. The van der Waals surface area contributed by atoms with Gasteiger partial charge in [-0.25, -0.2) is 17.5 Å². The van der Waals surface area contributed by atoms with Crippen LogP contribution in [0.3, 0.4) is 0 Å². The van der Waals surface area contributed by atoms with E-state index in [9.17, 15) is 22.4 Å². The van der Waals surface area contributed by atoms with Crippen molar-refractivity contribution in [2.75, 3.05) is 25.6 Å². The first kappa shape index (κ1) is 25.4. The number of hydrogen-bond acceptors (Lipinski definition) is 6. The molecule has 2 heterocycles. The van der Waals surface area contributed by atoms with E-state index in [4.69, 9.17) is 4.74 Å². The number of nitrogens with zero attached hydrogens (tertiary/aromatic N) is 2. The fraction of sp³-hybridized carbons (Fsp3) is 0.240. The van der Waals surface area contributed by atoms with Crippen LogP contribution in [-0.4, -0.2) is 62.5 Å². The first-order valence-corrected chi connectivity index (χ1v) is 12.6. The Morgan fingerprint density at radius 1 is 1.11 bits per heavy atom. The molecule has 1 aliphatic rings. The highest BCUT2D eigenvalue weighted by Gasteiger charge is 2.29. The number of amides is 2. The molecule has 0 aliphatic carbocycles. The van der Waals surface area contributed by atoms with Gasteiger partial charge in [0.05, 0.1) is 24.2 Å². The lowest BCUT2D eigenvalue weighted by Gasteiger charge is -2.28. The lowest BCUT2D eigenvalue weighted by molar-refractivity contribution is -0.120. The number of hydrogen-bond donors (Lipinski definition) is 2. The second-order valence-corrected chi connectivity index (χ2v) is 10.1. The van der Waals surface area contributed by atoms with Crippen molar-refractivity contribution in [1.82, 2.24) is 14.6 Å². The third-order valence-electron chi connectivity index (χ3n) is 5.73. The zero-order valence-corrected chi connectivity index (χ0v) is 20.2. The Labute approximate surface area is 208 Å². The number of sulfonamides is 1. The highest BCUT2D eigenvalue weighted by atomic mass is 32.2. The van der Waals surface area contributed by atoms with Crippen LogP contribution < -0.4 is 10.0 Å². The van der Waals surface area contributed by atoms with E-state index in [1.54, 1.807) is 24.5 Å². The van der Waals surface area contributed by atoms with E-state index in [0.29, 0.717) is 18.9 Å². The van der Waals surface area contributed by atoms with Crippen LogP contribution in [0, 0.1) is 5.82 Å². The minimum atomic E-state index is -3.71. The lowest BCUT2D eigenvalue weighted by Crippen LogP contribution is -2.48. The largest absolute Gasteiger partial charge is 0.378 e. The van der Waals surface area contributed by atoms with Crippen molar-refractivity contribution in [2.45, 2.75) is 23.4 Å². The van der Waals surface area contributed by atoms with Gasteiger partial charge in [-0.15, -0.1) is 0 Å². The van der Waals surface area contributed by atoms with Crippen LogP contribution >= 0.6 is 0 Å². The Morgan fingerprint density at radius 3 is 2.39 bits per heavy atom. The maximum Gasteiger partial charge on any atom is 0.254 e. The Morgan fingerprint density at radius 2 is 1.81 bits per heavy atom. The predicted octanol–water partition coefficient (Wildman–Crippen LogP) is 2.22. The van der Waals surface area contributed by atoms with Gasteiger partial charge in [0.15, 0.2) is 0 Å². The van der Waals surface area contributed by atoms with Crippen LogP contribution in [0.15, 0.2) is 78.0 Å². The molecule has 1 unspecified atom stereocenters. The molecule has 1 saturated heterocycles. The van der Waals surface area contributed by atoms with Gasteiger partial charge in [0.25, 0.3) is 5.91 Å². The molecule has 3 aromatic rings. The molecular formula is C25H25FN4O5S. The summed E-state index contributed by atoms with van der Waals surface area (Å²) in [5.74, 6) is -1.40. The number of nitrogens with one attached hydrogen (secondary N) is 2. The third-order valence-corrected chi connectivity index (χ3v) is 7.26. The second kappa shape index (κ2) is 10.9. The van der Waals surface area contributed by atoms with Crippen molar-refractivity contribution in [2.24, 2.45) is 0 Å². The van der Waals surface area contributed by atoms with Crippen LogP contribution in [0.5, 0.6) is 0 Å². The standard InChI is InChI=1S/C25H25FN4O5S/c1-30(25(32)18-4-6-19(26)7-5-18)23(13-17-3-2-12-27-14-17)24(31)28-20-8-10-22(11-9-20)36(33,34)29-21-15-35-16-21/h2-12,14,21,23,29H,13,15-16H2,1H3,(H,28,31). The smallest absolute Gasteiger partial charge is 0.254 e. The highest BCUT2D eigenvalue weighted by molar-refractivity contribution is 7.89. The third kappa shape index (κ3) is 6.11. The summed E-state index contributed by atoms with van der Waals surface area (Å²) in [5.41, 5.74) is 1.34. The van der Waals surface area contributed by atoms with E-state index in [1.807, 2.05) is 0 Å². The lowest BCUT2D eigenvalue weighted by atomic mass is 10.0. The number of ether oxygens (including phenoxy) is 1. The number of aromatic nitrogens is 1. The molecule has 188 valence electrons. The quantitative estimate of drug-likeness (QED) is 0.454. The van der Waals surface area contributed by atoms with Gasteiger partial charge < -0.3 is 15.0 Å². The zero-order chi connectivity index (χ0) is 25.7. The summed E-state index contributed by atoms with van der Waals surface area (Å²) in [7, 11) is -2.21. The van der Waals surface area contributed by atoms with E-state index in [2.05, 4.69) is 15.0 Å². The monoisotopic (exact) mass is 512 g/mol. The van der Waals surface area contributed by atoms with Gasteiger partial charge in [-0.3, -0.25) is 14.6 Å². The summed E-state index contributed by atoms with van der Waals surface area (Å²) in [4.78, 5) is 31.8. The topological polar surface area (TPSA) is 118 Å². The summed E-state index contributed by atoms with van der Waals surface area (Å²) in [6.07, 6.45) is 3.40. The molecule has 0 bridgehead atoms. The first-order chi connectivity index (χ1) is 17.2. The maximum atomic E-state index is 13.3. The molecule has 0 saturated carbocycles. The molecule has 1 fully saturated rings. The number of pyridine rings is 1. The zero-order valence-electron chi connectivity index (χ0n) is 19.4. The first-order valence-electron chi connectivity index (χ1n) is 11.2. The van der Waals surface area contributed by atoms with E-state index < -0.39 is 33.7 Å². The fourth-order valence-electron chi connectivity index (χ4n) is 3.62. The van der Waals surface area contributed by atoms with Gasteiger partial charge in [-0.2, -0.15) is 0 Å². The van der Waals surface area contributed by atoms with Crippen LogP contribution in [0.4, 0.5) is 10.1 Å². The second-order valence-electron chi connectivity index (χ2n) is 8.37. The van der Waals surface area contributed by atoms with E-state index in [1.165, 1.54) is 60.5 Å². The van der Waals surface area contributed by atoms with Crippen molar-refractivity contribution >= 4 is 27.5 Å². The van der Waals surface area contributed by atoms with E-state index >= 15 is 0 Å². The van der Waals surface area contributed by atoms with Gasteiger partial charge in [-0.05, 0) is 60.2 Å².